The largest absolute Gasteiger partial charge is 0.370 e. The van der Waals surface area contributed by atoms with Crippen LogP contribution in [0.2, 0.25) is 0 Å². The standard InChI is InChI=1S/C20H22N4O2/c1-14-16-12-15(13-21-20(16)26-23-14)19(25)22-17-8-4-5-9-18(17)24-10-6-2-3-7-11-24/h4-5,8-9,12-13H,2-3,6-7,10-11H2,1H3,(H,22,25). The second-order valence-electron chi connectivity index (χ2n) is 6.72. The van der Waals surface area contributed by atoms with Crippen LogP contribution in [0.3, 0.4) is 0 Å². The summed E-state index contributed by atoms with van der Waals surface area (Å²) < 4.78 is 5.11. The maximum Gasteiger partial charge on any atom is 0.257 e. The van der Waals surface area contributed by atoms with E-state index in [0.29, 0.717) is 11.3 Å². The second-order valence-corrected chi connectivity index (χ2v) is 6.72. The number of aryl methyl sites for hydroxylation is 1. The molecule has 0 bridgehead atoms. The molecule has 0 spiro atoms. The first-order valence-corrected chi connectivity index (χ1v) is 9.10. The van der Waals surface area contributed by atoms with E-state index in [1.807, 2.05) is 25.1 Å². The van der Waals surface area contributed by atoms with Crippen molar-refractivity contribution in [2.75, 3.05) is 23.3 Å². The molecule has 0 aliphatic carbocycles. The van der Waals surface area contributed by atoms with Gasteiger partial charge in [0.2, 0.25) is 0 Å². The van der Waals surface area contributed by atoms with Crippen molar-refractivity contribution in [2.45, 2.75) is 32.6 Å². The molecule has 26 heavy (non-hydrogen) atoms. The lowest BCUT2D eigenvalue weighted by Crippen LogP contribution is -2.25. The van der Waals surface area contributed by atoms with Gasteiger partial charge in [0, 0.05) is 19.3 Å². The van der Waals surface area contributed by atoms with E-state index in [2.05, 4.69) is 26.4 Å². The predicted molar refractivity (Wildman–Crippen MR) is 102 cm³/mol. The molecule has 1 aliphatic rings. The minimum atomic E-state index is -0.178. The number of anilines is 2. The normalized spacial score (nSPS) is 15.0. The Bertz CT molecular complexity index is 926. The van der Waals surface area contributed by atoms with Crippen LogP contribution in [-0.4, -0.2) is 29.1 Å². The molecule has 0 saturated carbocycles. The molecule has 1 amide bonds. The lowest BCUT2D eigenvalue weighted by Gasteiger charge is -2.25. The zero-order valence-electron chi connectivity index (χ0n) is 14.9. The lowest BCUT2D eigenvalue weighted by atomic mass is 10.2. The molecule has 6 nitrogen and oxygen atoms in total. The Morgan fingerprint density at radius 3 is 2.73 bits per heavy atom. The van der Waals surface area contributed by atoms with Crippen molar-refractivity contribution in [1.29, 1.82) is 0 Å². The fourth-order valence-electron chi connectivity index (χ4n) is 3.43. The van der Waals surface area contributed by atoms with Gasteiger partial charge in [-0.3, -0.25) is 4.79 Å². The molecule has 6 heteroatoms. The van der Waals surface area contributed by atoms with Crippen molar-refractivity contribution in [2.24, 2.45) is 0 Å². The summed E-state index contributed by atoms with van der Waals surface area (Å²) in [6.45, 7) is 3.89. The van der Waals surface area contributed by atoms with Crippen molar-refractivity contribution in [3.63, 3.8) is 0 Å². The number of nitrogens with zero attached hydrogens (tertiary/aromatic N) is 3. The number of hydrogen-bond donors (Lipinski definition) is 1. The third kappa shape index (κ3) is 3.27. The van der Waals surface area contributed by atoms with Gasteiger partial charge >= 0.3 is 0 Å². The number of hydrogen-bond acceptors (Lipinski definition) is 5. The van der Waals surface area contributed by atoms with Crippen LogP contribution in [0.25, 0.3) is 11.1 Å². The van der Waals surface area contributed by atoms with Gasteiger partial charge in [0.25, 0.3) is 11.6 Å². The van der Waals surface area contributed by atoms with Crippen LogP contribution in [0.15, 0.2) is 41.1 Å². The number of fused-ring (bicyclic) bond motifs is 1. The average Bonchev–Trinajstić information content (AvgIpc) is 2.86. The summed E-state index contributed by atoms with van der Waals surface area (Å²) in [5, 5.41) is 7.70. The Morgan fingerprint density at radius 2 is 1.92 bits per heavy atom. The van der Waals surface area contributed by atoms with Gasteiger partial charge in [-0.15, -0.1) is 0 Å². The number of pyridine rings is 1. The van der Waals surface area contributed by atoms with Crippen LogP contribution >= 0.6 is 0 Å². The van der Waals surface area contributed by atoms with Gasteiger partial charge in [-0.2, -0.15) is 0 Å². The highest BCUT2D eigenvalue weighted by Crippen LogP contribution is 2.28. The Labute approximate surface area is 152 Å². The minimum Gasteiger partial charge on any atom is -0.370 e. The van der Waals surface area contributed by atoms with Crippen molar-refractivity contribution < 1.29 is 9.32 Å². The first-order valence-electron chi connectivity index (χ1n) is 9.10. The molecule has 0 atom stereocenters. The van der Waals surface area contributed by atoms with Gasteiger partial charge in [0.05, 0.1) is 28.0 Å². The molecule has 1 fully saturated rings. The number of aromatic nitrogens is 2. The summed E-state index contributed by atoms with van der Waals surface area (Å²) >= 11 is 0. The van der Waals surface area contributed by atoms with Crippen molar-refractivity contribution >= 4 is 28.4 Å². The number of para-hydroxylation sites is 2. The van der Waals surface area contributed by atoms with Crippen LogP contribution in [0.1, 0.15) is 41.7 Å². The summed E-state index contributed by atoms with van der Waals surface area (Å²) in [7, 11) is 0. The first kappa shape index (κ1) is 16.6. The van der Waals surface area contributed by atoms with Gasteiger partial charge in [0.1, 0.15) is 0 Å². The fraction of sp³-hybridized carbons (Fsp3) is 0.350. The van der Waals surface area contributed by atoms with E-state index in [9.17, 15) is 4.79 Å². The van der Waals surface area contributed by atoms with E-state index < -0.39 is 0 Å². The van der Waals surface area contributed by atoms with E-state index in [1.165, 1.54) is 31.9 Å². The molecule has 3 aromatic rings. The van der Waals surface area contributed by atoms with Crippen LogP contribution in [0, 0.1) is 6.92 Å². The Kier molecular flexibility index (Phi) is 4.56. The third-order valence-electron chi connectivity index (χ3n) is 4.87. The molecule has 0 radical (unpaired) electrons. The molecule has 1 aliphatic heterocycles. The summed E-state index contributed by atoms with van der Waals surface area (Å²) in [5.41, 5.74) is 3.59. The maximum atomic E-state index is 12.8. The highest BCUT2D eigenvalue weighted by molar-refractivity contribution is 6.07. The highest BCUT2D eigenvalue weighted by Gasteiger charge is 2.16. The molecular weight excluding hydrogens is 328 g/mol. The molecule has 1 saturated heterocycles. The van der Waals surface area contributed by atoms with E-state index in [4.69, 9.17) is 4.52 Å². The molecule has 1 aromatic carbocycles. The topological polar surface area (TPSA) is 71.3 Å². The Hall–Kier alpha value is -2.89. The van der Waals surface area contributed by atoms with Crippen LogP contribution < -0.4 is 10.2 Å². The van der Waals surface area contributed by atoms with E-state index >= 15 is 0 Å². The number of nitrogens with one attached hydrogen (secondary N) is 1. The minimum absolute atomic E-state index is 0.178. The van der Waals surface area contributed by atoms with Gasteiger partial charge in [-0.25, -0.2) is 4.98 Å². The van der Waals surface area contributed by atoms with Gasteiger partial charge < -0.3 is 14.7 Å². The molecular formula is C20H22N4O2. The summed E-state index contributed by atoms with van der Waals surface area (Å²) in [6.07, 6.45) is 6.45. The summed E-state index contributed by atoms with van der Waals surface area (Å²) in [5.74, 6) is -0.178. The summed E-state index contributed by atoms with van der Waals surface area (Å²) in [6, 6.07) is 9.77. The highest BCUT2D eigenvalue weighted by atomic mass is 16.5. The number of amides is 1. The average molecular weight is 350 g/mol. The van der Waals surface area contributed by atoms with Gasteiger partial charge in [-0.1, -0.05) is 30.1 Å². The zero-order chi connectivity index (χ0) is 17.9. The van der Waals surface area contributed by atoms with Gasteiger partial charge in [0.15, 0.2) is 0 Å². The van der Waals surface area contributed by atoms with Crippen molar-refractivity contribution in [3.8, 4) is 0 Å². The molecule has 1 N–H and O–H groups in total. The fourth-order valence-corrected chi connectivity index (χ4v) is 3.43. The third-order valence-corrected chi connectivity index (χ3v) is 4.87. The number of carbonyl (C=O) groups is 1. The molecule has 0 unspecified atom stereocenters. The molecule has 134 valence electrons. The number of rotatable bonds is 3. The maximum absolute atomic E-state index is 12.8. The smallest absolute Gasteiger partial charge is 0.257 e. The van der Waals surface area contributed by atoms with Crippen LogP contribution in [0.4, 0.5) is 11.4 Å². The predicted octanol–water partition coefficient (Wildman–Crippen LogP) is 4.16. The lowest BCUT2D eigenvalue weighted by molar-refractivity contribution is 0.102. The van der Waals surface area contributed by atoms with Crippen molar-refractivity contribution in [3.05, 3.63) is 47.8 Å². The number of carbonyl (C=O) groups excluding carboxylic acids is 1. The van der Waals surface area contributed by atoms with Gasteiger partial charge in [-0.05, 0) is 38.0 Å². The number of benzene rings is 1. The summed E-state index contributed by atoms with van der Waals surface area (Å²) in [4.78, 5) is 19.3. The molecule has 3 heterocycles. The van der Waals surface area contributed by atoms with Crippen molar-refractivity contribution in [1.82, 2.24) is 10.1 Å². The monoisotopic (exact) mass is 350 g/mol. The van der Waals surface area contributed by atoms with Crippen LogP contribution in [0.5, 0.6) is 0 Å². The zero-order valence-corrected chi connectivity index (χ0v) is 14.9. The molecule has 2 aromatic heterocycles. The van der Waals surface area contributed by atoms with E-state index in [-0.39, 0.29) is 5.91 Å². The Balaban J connectivity index is 1.59. The molecule has 4 rings (SSSR count). The quantitative estimate of drug-likeness (QED) is 0.768. The first-order chi connectivity index (χ1) is 12.7. The van der Waals surface area contributed by atoms with Crippen LogP contribution in [-0.2, 0) is 0 Å². The second kappa shape index (κ2) is 7.15. The van der Waals surface area contributed by atoms with E-state index in [0.717, 1.165) is 35.5 Å². The van der Waals surface area contributed by atoms with E-state index in [1.54, 1.807) is 6.07 Å². The SMILES string of the molecule is Cc1noc2ncc(C(=O)Nc3ccccc3N3CCCCCC3)cc12. The Morgan fingerprint density at radius 1 is 1.15 bits per heavy atom.